The molecule has 4 unspecified atom stereocenters. The first kappa shape index (κ1) is 16.8. The van der Waals surface area contributed by atoms with Gasteiger partial charge in [-0.1, -0.05) is 25.4 Å². The molecule has 5 heteroatoms. The Kier molecular flexibility index (Phi) is 5.69. The number of ether oxygens (including phenoxy) is 2. The average Bonchev–Trinajstić information content (AvgIpc) is 3.05. The molecule has 0 spiro atoms. The number of hydrogen-bond acceptors (Lipinski definition) is 4. The summed E-state index contributed by atoms with van der Waals surface area (Å²) in [7, 11) is 1.61. The van der Waals surface area contributed by atoms with Gasteiger partial charge in [-0.25, -0.2) is 4.99 Å². The number of methoxy groups -OCH3 is 1. The van der Waals surface area contributed by atoms with Crippen molar-refractivity contribution in [3.8, 4) is 0 Å². The molecule has 4 nitrogen and oxygen atoms in total. The largest absolute Gasteiger partial charge is 0.495 e. The molecule has 0 radical (unpaired) electrons. The molecule has 1 N–H and O–H groups in total. The predicted octanol–water partition coefficient (Wildman–Crippen LogP) is 3.46. The monoisotopic (exact) mass is 314 g/mol. The Morgan fingerprint density at radius 3 is 2.81 bits per heavy atom. The zero-order valence-corrected chi connectivity index (χ0v) is 14.2. The van der Waals surface area contributed by atoms with Crippen LogP contribution in [-0.4, -0.2) is 37.6 Å². The lowest BCUT2D eigenvalue weighted by atomic mass is 9.86. The highest BCUT2D eigenvalue weighted by atomic mass is 35.5. The van der Waals surface area contributed by atoms with E-state index in [4.69, 9.17) is 21.1 Å². The summed E-state index contributed by atoms with van der Waals surface area (Å²) >= 11 is 6.22. The summed E-state index contributed by atoms with van der Waals surface area (Å²) in [6.07, 6.45) is 6.41. The Morgan fingerprint density at radius 2 is 2.29 bits per heavy atom. The molecule has 120 valence electrons. The van der Waals surface area contributed by atoms with E-state index in [-0.39, 0.29) is 5.60 Å². The standard InChI is InChI=1S/C16H27ClN2O2/c1-5-11(2)9-18-15(17)13(20-4)10-21-16(3)8-12-6-7-14(16)19-12/h9,11-12,14,19H,5-8,10H2,1-4H3. The fraction of sp³-hybridized carbons (Fsp3) is 0.812. The average molecular weight is 315 g/mol. The normalized spacial score (nSPS) is 34.3. The number of fused-ring (bicyclic) bond motifs is 2. The fourth-order valence-electron chi connectivity index (χ4n) is 3.06. The zero-order valence-electron chi connectivity index (χ0n) is 13.5. The molecule has 2 aliphatic heterocycles. The van der Waals surface area contributed by atoms with E-state index >= 15 is 0 Å². The summed E-state index contributed by atoms with van der Waals surface area (Å²) < 4.78 is 11.5. The van der Waals surface area contributed by atoms with Crippen LogP contribution < -0.4 is 5.32 Å². The predicted molar refractivity (Wildman–Crippen MR) is 86.8 cm³/mol. The van der Waals surface area contributed by atoms with Gasteiger partial charge in [0.2, 0.25) is 0 Å². The van der Waals surface area contributed by atoms with E-state index in [9.17, 15) is 0 Å². The number of nitrogens with zero attached hydrogens (tertiary/aromatic N) is 1. The summed E-state index contributed by atoms with van der Waals surface area (Å²) in [4.78, 5) is 4.28. The molecule has 0 aliphatic carbocycles. The molecule has 0 saturated carbocycles. The summed E-state index contributed by atoms with van der Waals surface area (Å²) in [6.45, 7) is 6.78. The first-order valence-corrected chi connectivity index (χ1v) is 8.23. The molecule has 2 heterocycles. The summed E-state index contributed by atoms with van der Waals surface area (Å²) in [5.41, 5.74) is -0.121. The number of hydrogen-bond donors (Lipinski definition) is 1. The van der Waals surface area contributed by atoms with Crippen molar-refractivity contribution in [1.29, 1.82) is 0 Å². The van der Waals surface area contributed by atoms with E-state index in [0.29, 0.717) is 35.5 Å². The molecule has 2 aliphatic rings. The maximum absolute atomic E-state index is 6.22. The molecular weight excluding hydrogens is 288 g/mol. The lowest BCUT2D eigenvalue weighted by Gasteiger charge is -2.33. The second kappa shape index (κ2) is 7.12. The second-order valence-electron chi connectivity index (χ2n) is 6.38. The summed E-state index contributed by atoms with van der Waals surface area (Å²) in [5, 5.41) is 3.98. The van der Waals surface area contributed by atoms with Gasteiger partial charge in [-0.05, 0) is 38.5 Å². The van der Waals surface area contributed by atoms with Crippen molar-refractivity contribution in [2.45, 2.75) is 64.1 Å². The minimum Gasteiger partial charge on any atom is -0.495 e. The highest BCUT2D eigenvalue weighted by Gasteiger charge is 2.48. The Morgan fingerprint density at radius 1 is 1.52 bits per heavy atom. The minimum atomic E-state index is -0.121. The Balaban J connectivity index is 1.94. The van der Waals surface area contributed by atoms with Crippen LogP contribution in [0.3, 0.4) is 0 Å². The van der Waals surface area contributed by atoms with Crippen molar-refractivity contribution in [3.63, 3.8) is 0 Å². The molecule has 4 atom stereocenters. The minimum absolute atomic E-state index is 0.121. The van der Waals surface area contributed by atoms with E-state index in [1.807, 2.05) is 6.21 Å². The molecule has 0 aromatic rings. The van der Waals surface area contributed by atoms with Gasteiger partial charge < -0.3 is 14.8 Å². The van der Waals surface area contributed by atoms with Crippen molar-refractivity contribution in [3.05, 3.63) is 10.9 Å². The highest BCUT2D eigenvalue weighted by molar-refractivity contribution is 6.30. The topological polar surface area (TPSA) is 42.8 Å². The maximum Gasteiger partial charge on any atom is 0.168 e. The van der Waals surface area contributed by atoms with Gasteiger partial charge in [0.25, 0.3) is 0 Å². The van der Waals surface area contributed by atoms with E-state index in [0.717, 1.165) is 12.8 Å². The SMILES string of the molecule is CCC(C)C=NC(Cl)=C(COC1(C)CC2CCC1N2)OC. The van der Waals surface area contributed by atoms with Crippen molar-refractivity contribution in [2.75, 3.05) is 13.7 Å². The molecule has 2 bridgehead atoms. The van der Waals surface area contributed by atoms with Gasteiger partial charge in [0.15, 0.2) is 10.9 Å². The van der Waals surface area contributed by atoms with Crippen molar-refractivity contribution in [2.24, 2.45) is 10.9 Å². The van der Waals surface area contributed by atoms with Gasteiger partial charge in [-0.3, -0.25) is 0 Å². The lowest BCUT2D eigenvalue weighted by molar-refractivity contribution is -0.0483. The maximum atomic E-state index is 6.22. The zero-order chi connectivity index (χ0) is 15.5. The van der Waals surface area contributed by atoms with Crippen LogP contribution in [0.5, 0.6) is 0 Å². The van der Waals surface area contributed by atoms with E-state index in [1.165, 1.54) is 12.8 Å². The van der Waals surface area contributed by atoms with E-state index in [1.54, 1.807) is 7.11 Å². The van der Waals surface area contributed by atoms with Crippen LogP contribution in [0.2, 0.25) is 0 Å². The molecule has 2 rings (SSSR count). The van der Waals surface area contributed by atoms with Crippen LogP contribution in [0, 0.1) is 5.92 Å². The van der Waals surface area contributed by atoms with Gasteiger partial charge in [0.05, 0.1) is 12.7 Å². The third kappa shape index (κ3) is 3.99. The molecule has 0 aromatic carbocycles. The Labute approximate surface area is 132 Å². The van der Waals surface area contributed by atoms with E-state index in [2.05, 4.69) is 31.1 Å². The number of rotatable bonds is 7. The molecule has 0 aromatic heterocycles. The Bertz CT molecular complexity index is 425. The van der Waals surface area contributed by atoms with Crippen LogP contribution in [0.4, 0.5) is 0 Å². The van der Waals surface area contributed by atoms with Crippen molar-refractivity contribution >= 4 is 17.8 Å². The van der Waals surface area contributed by atoms with Gasteiger partial charge in [-0.2, -0.15) is 0 Å². The first-order valence-electron chi connectivity index (χ1n) is 7.85. The fourth-order valence-corrected chi connectivity index (χ4v) is 3.24. The van der Waals surface area contributed by atoms with Crippen LogP contribution in [0.1, 0.15) is 46.5 Å². The molecule has 2 saturated heterocycles. The van der Waals surface area contributed by atoms with Crippen LogP contribution in [0.25, 0.3) is 0 Å². The molecular formula is C16H27ClN2O2. The number of nitrogens with one attached hydrogen (secondary N) is 1. The van der Waals surface area contributed by atoms with Gasteiger partial charge >= 0.3 is 0 Å². The molecule has 21 heavy (non-hydrogen) atoms. The number of aliphatic imine (C=N–C) groups is 1. The number of halogens is 1. The van der Waals surface area contributed by atoms with Gasteiger partial charge in [0.1, 0.15) is 6.61 Å². The third-order valence-corrected chi connectivity index (χ3v) is 5.03. The van der Waals surface area contributed by atoms with Crippen LogP contribution in [0.15, 0.2) is 15.9 Å². The lowest BCUT2D eigenvalue weighted by Crippen LogP contribution is -2.42. The smallest absolute Gasteiger partial charge is 0.168 e. The quantitative estimate of drug-likeness (QED) is 0.444. The van der Waals surface area contributed by atoms with Crippen LogP contribution in [-0.2, 0) is 9.47 Å². The summed E-state index contributed by atoms with van der Waals surface area (Å²) in [6, 6.07) is 1.05. The first-order chi connectivity index (χ1) is 9.98. The third-order valence-electron chi connectivity index (χ3n) is 4.73. The summed E-state index contributed by atoms with van der Waals surface area (Å²) in [5.74, 6) is 1.00. The molecule has 0 amide bonds. The second-order valence-corrected chi connectivity index (χ2v) is 6.74. The highest BCUT2D eigenvalue weighted by Crippen LogP contribution is 2.39. The van der Waals surface area contributed by atoms with Crippen molar-refractivity contribution in [1.82, 2.24) is 5.32 Å². The Hall–Kier alpha value is -0.580. The van der Waals surface area contributed by atoms with E-state index < -0.39 is 0 Å². The van der Waals surface area contributed by atoms with Crippen LogP contribution >= 0.6 is 11.6 Å². The van der Waals surface area contributed by atoms with Gasteiger partial charge in [-0.15, -0.1) is 0 Å². The van der Waals surface area contributed by atoms with Gasteiger partial charge in [0, 0.05) is 18.3 Å². The van der Waals surface area contributed by atoms with Crippen molar-refractivity contribution < 1.29 is 9.47 Å². The molecule has 2 fully saturated rings.